The molecule has 1 heterocycles. The first-order valence-electron chi connectivity index (χ1n) is 14.6. The number of anilines is 1. The predicted octanol–water partition coefficient (Wildman–Crippen LogP) is 6.01. The SMILES string of the molecule is CC[C@]1(C(C)=O)CC[C@H]2[C@@H]3CC[C@]4(O)CC5(CCC4=C3[C@@H](c3ccc(N(C)C)cc3)C[C@@]21C)OCCO5. The maximum absolute atomic E-state index is 13.3. The molecule has 202 valence electrons. The molecule has 0 unspecified atom stereocenters. The van der Waals surface area contributed by atoms with Crippen molar-refractivity contribution in [3.63, 3.8) is 0 Å². The van der Waals surface area contributed by atoms with E-state index in [1.807, 2.05) is 6.92 Å². The highest BCUT2D eigenvalue weighted by molar-refractivity contribution is 5.84. The van der Waals surface area contributed by atoms with E-state index < -0.39 is 11.4 Å². The highest BCUT2D eigenvalue weighted by Gasteiger charge is 2.65. The van der Waals surface area contributed by atoms with Crippen LogP contribution in [0.4, 0.5) is 5.69 Å². The Morgan fingerprint density at radius 2 is 1.78 bits per heavy atom. The van der Waals surface area contributed by atoms with Gasteiger partial charge in [0, 0.05) is 44.0 Å². The monoisotopic (exact) mass is 507 g/mol. The third-order valence-corrected chi connectivity index (χ3v) is 11.7. The second kappa shape index (κ2) is 8.66. The Bertz CT molecular complexity index is 1100. The highest BCUT2D eigenvalue weighted by Crippen LogP contribution is 2.71. The number of hydrogen-bond donors (Lipinski definition) is 1. The maximum atomic E-state index is 13.3. The molecule has 0 amide bonds. The van der Waals surface area contributed by atoms with Crippen LogP contribution >= 0.6 is 0 Å². The quantitative estimate of drug-likeness (QED) is 0.506. The van der Waals surface area contributed by atoms with E-state index in [-0.39, 0.29) is 16.7 Å². The molecule has 1 aliphatic heterocycles. The number of carbonyl (C=O) groups excluding carboxylic acids is 1. The van der Waals surface area contributed by atoms with Crippen molar-refractivity contribution in [1.29, 1.82) is 0 Å². The van der Waals surface area contributed by atoms with E-state index in [2.05, 4.69) is 57.1 Å². The van der Waals surface area contributed by atoms with Crippen LogP contribution in [0.3, 0.4) is 0 Å². The van der Waals surface area contributed by atoms with Crippen molar-refractivity contribution in [2.24, 2.45) is 22.7 Å². The third kappa shape index (κ3) is 3.56. The summed E-state index contributed by atoms with van der Waals surface area (Å²) in [7, 11) is 4.16. The fourth-order valence-electron chi connectivity index (χ4n) is 9.84. The average Bonchev–Trinajstić information content (AvgIpc) is 3.44. The van der Waals surface area contributed by atoms with Crippen LogP contribution in [0.1, 0.15) is 90.0 Å². The summed E-state index contributed by atoms with van der Waals surface area (Å²) < 4.78 is 12.2. The zero-order valence-electron chi connectivity index (χ0n) is 23.4. The van der Waals surface area contributed by atoms with Gasteiger partial charge in [-0.3, -0.25) is 4.79 Å². The highest BCUT2D eigenvalue weighted by atomic mass is 16.7. The number of aliphatic hydroxyl groups is 1. The average molecular weight is 508 g/mol. The molecule has 1 saturated heterocycles. The minimum absolute atomic E-state index is 0.0315. The fraction of sp³-hybridized carbons (Fsp3) is 0.719. The summed E-state index contributed by atoms with van der Waals surface area (Å²) in [5.41, 5.74) is 4.16. The van der Waals surface area contributed by atoms with E-state index in [0.717, 1.165) is 51.4 Å². The van der Waals surface area contributed by atoms with Gasteiger partial charge < -0.3 is 19.5 Å². The van der Waals surface area contributed by atoms with Crippen molar-refractivity contribution in [1.82, 2.24) is 0 Å². The first kappa shape index (κ1) is 25.6. The van der Waals surface area contributed by atoms with Crippen LogP contribution in [0, 0.1) is 22.7 Å². The van der Waals surface area contributed by atoms with E-state index in [1.165, 1.54) is 22.4 Å². The molecule has 4 aliphatic carbocycles. The summed E-state index contributed by atoms with van der Waals surface area (Å²) >= 11 is 0. The van der Waals surface area contributed by atoms with Gasteiger partial charge in [0.15, 0.2) is 5.79 Å². The van der Waals surface area contributed by atoms with Crippen molar-refractivity contribution in [3.8, 4) is 0 Å². The van der Waals surface area contributed by atoms with Gasteiger partial charge in [0.25, 0.3) is 0 Å². The minimum Gasteiger partial charge on any atom is -0.385 e. The molecular formula is C32H45NO4. The summed E-state index contributed by atoms with van der Waals surface area (Å²) in [6.45, 7) is 7.75. The lowest BCUT2D eigenvalue weighted by Crippen LogP contribution is -2.55. The molecule has 5 aliphatic rings. The Morgan fingerprint density at radius 1 is 1.08 bits per heavy atom. The summed E-state index contributed by atoms with van der Waals surface area (Å²) in [5, 5.41) is 12.2. The van der Waals surface area contributed by atoms with Crippen LogP contribution in [0.25, 0.3) is 0 Å². The van der Waals surface area contributed by atoms with Crippen LogP contribution in [-0.2, 0) is 14.3 Å². The van der Waals surface area contributed by atoms with Gasteiger partial charge >= 0.3 is 0 Å². The fourth-order valence-corrected chi connectivity index (χ4v) is 9.84. The molecule has 6 atom stereocenters. The number of Topliss-reactive ketones (excluding diaryl/α,β-unsaturated/α-hetero) is 1. The molecule has 1 aromatic carbocycles. The lowest BCUT2D eigenvalue weighted by molar-refractivity contribution is -0.208. The molecular weight excluding hydrogens is 462 g/mol. The zero-order chi connectivity index (χ0) is 26.2. The van der Waals surface area contributed by atoms with Crippen LogP contribution < -0.4 is 4.90 Å². The van der Waals surface area contributed by atoms with Crippen LogP contribution in [0.5, 0.6) is 0 Å². The van der Waals surface area contributed by atoms with Gasteiger partial charge in [-0.25, -0.2) is 0 Å². The van der Waals surface area contributed by atoms with E-state index in [0.29, 0.717) is 37.3 Å². The van der Waals surface area contributed by atoms with Gasteiger partial charge in [-0.1, -0.05) is 31.6 Å². The van der Waals surface area contributed by atoms with Gasteiger partial charge in [0.2, 0.25) is 0 Å². The molecule has 1 aromatic rings. The van der Waals surface area contributed by atoms with Crippen LogP contribution in [0.15, 0.2) is 35.4 Å². The van der Waals surface area contributed by atoms with E-state index >= 15 is 0 Å². The number of rotatable bonds is 4. The number of hydrogen-bond acceptors (Lipinski definition) is 5. The second-order valence-corrected chi connectivity index (χ2v) is 13.2. The van der Waals surface area contributed by atoms with Crippen LogP contribution in [-0.4, -0.2) is 49.6 Å². The molecule has 3 saturated carbocycles. The Hall–Kier alpha value is -1.69. The number of carbonyl (C=O) groups is 1. The van der Waals surface area contributed by atoms with Gasteiger partial charge in [-0.05, 0) is 92.4 Å². The largest absolute Gasteiger partial charge is 0.385 e. The zero-order valence-corrected chi connectivity index (χ0v) is 23.4. The molecule has 1 N–H and O–H groups in total. The number of nitrogens with zero attached hydrogens (tertiary/aromatic N) is 1. The van der Waals surface area contributed by atoms with Crippen molar-refractivity contribution < 1.29 is 19.4 Å². The van der Waals surface area contributed by atoms with Gasteiger partial charge in [-0.2, -0.15) is 0 Å². The molecule has 6 rings (SSSR count). The molecule has 0 bridgehead atoms. The Labute approximate surface area is 222 Å². The second-order valence-electron chi connectivity index (χ2n) is 13.2. The Kier molecular flexibility index (Phi) is 5.99. The molecule has 0 aromatic heterocycles. The number of benzene rings is 1. The lowest BCUT2D eigenvalue weighted by atomic mass is 9.47. The smallest absolute Gasteiger partial charge is 0.171 e. The lowest BCUT2D eigenvalue weighted by Gasteiger charge is -2.58. The van der Waals surface area contributed by atoms with Crippen molar-refractivity contribution in [2.45, 2.75) is 95.9 Å². The molecule has 5 heteroatoms. The first-order chi connectivity index (χ1) is 17.6. The Morgan fingerprint density at radius 3 is 2.41 bits per heavy atom. The van der Waals surface area contributed by atoms with Crippen molar-refractivity contribution in [2.75, 3.05) is 32.2 Å². The third-order valence-electron chi connectivity index (χ3n) is 11.7. The van der Waals surface area contributed by atoms with Crippen molar-refractivity contribution in [3.05, 3.63) is 41.0 Å². The van der Waals surface area contributed by atoms with Gasteiger partial charge in [-0.15, -0.1) is 0 Å². The molecule has 1 spiro atoms. The predicted molar refractivity (Wildman–Crippen MR) is 146 cm³/mol. The van der Waals surface area contributed by atoms with E-state index in [9.17, 15) is 9.90 Å². The molecule has 37 heavy (non-hydrogen) atoms. The standard InChI is InChI=1S/C32H45NO4/c1-6-30(21(2)34)14-12-26-24-11-15-31(35)20-32(36-17-18-37-32)16-13-27(31)28(24)25(19-29(26,30)3)22-7-9-23(10-8-22)33(4)5/h7-10,24-26,35H,6,11-20H2,1-5H3/t24-,25+,26-,29-,30+,31-/m0/s1. The number of ketones is 1. The Balaban J connectivity index is 1.49. The summed E-state index contributed by atoms with van der Waals surface area (Å²) in [6.07, 6.45) is 7.97. The van der Waals surface area contributed by atoms with Gasteiger partial charge in [0.1, 0.15) is 5.78 Å². The van der Waals surface area contributed by atoms with Gasteiger partial charge in [0.05, 0.1) is 18.8 Å². The minimum atomic E-state index is -0.856. The normalized spacial score (nSPS) is 40.3. The molecule has 5 nitrogen and oxygen atoms in total. The summed E-state index contributed by atoms with van der Waals surface area (Å²) in [4.78, 5) is 15.5. The summed E-state index contributed by atoms with van der Waals surface area (Å²) in [5.74, 6) is 0.916. The van der Waals surface area contributed by atoms with Crippen LogP contribution in [0.2, 0.25) is 0 Å². The number of ether oxygens (including phenoxy) is 2. The summed E-state index contributed by atoms with van der Waals surface area (Å²) in [6, 6.07) is 9.04. The van der Waals surface area contributed by atoms with E-state index in [1.54, 1.807) is 0 Å². The van der Waals surface area contributed by atoms with E-state index in [4.69, 9.17) is 9.47 Å². The first-order valence-corrected chi connectivity index (χ1v) is 14.6. The number of fused-ring (bicyclic) bond motifs is 4. The molecule has 0 radical (unpaired) electrons. The maximum Gasteiger partial charge on any atom is 0.171 e. The van der Waals surface area contributed by atoms with Crippen molar-refractivity contribution >= 4 is 11.5 Å². The molecule has 4 fully saturated rings. The topological polar surface area (TPSA) is 59.0 Å². The number of allylic oxidation sites excluding steroid dienone is 1.